The van der Waals surface area contributed by atoms with Gasteiger partial charge in [-0.1, -0.05) is 48.0 Å². The fourth-order valence-corrected chi connectivity index (χ4v) is 5.39. The van der Waals surface area contributed by atoms with Gasteiger partial charge in [-0.2, -0.15) is 0 Å². The zero-order valence-electron chi connectivity index (χ0n) is 23.0. The summed E-state index contributed by atoms with van der Waals surface area (Å²) in [6.07, 6.45) is 6.13. The second kappa shape index (κ2) is 10.9. The molecule has 0 spiro atoms. The normalized spacial score (nSPS) is 19.0. The molecule has 0 saturated carbocycles. The number of fused-ring (bicyclic) bond motifs is 4. The molecule has 2 unspecified atom stereocenters. The number of anilines is 1. The maximum atomic E-state index is 13.4. The number of carbonyl (C=O) groups is 2. The number of aryl methyl sites for hydroxylation is 1. The van der Waals surface area contributed by atoms with Gasteiger partial charge in [-0.25, -0.2) is 14.8 Å². The monoisotopic (exact) mass is 549 g/mol. The summed E-state index contributed by atoms with van der Waals surface area (Å²) in [6.45, 7) is 4.72. The highest BCUT2D eigenvalue weighted by molar-refractivity contribution is 5.99. The first-order valence-electron chi connectivity index (χ1n) is 13.6. The van der Waals surface area contributed by atoms with Crippen molar-refractivity contribution in [2.75, 3.05) is 11.4 Å². The predicted octanol–water partition coefficient (Wildman–Crippen LogP) is 5.11. The standard InChI is InChI=1S/C32H31N5O4/c1-21-9-11-22(12-10-21)13-14-35-30(38)24-5-3-6-25(15-24)37-31(39)36-27-16-32(37,2)41-29-26(27)7-4-8-28(29)40-19-23-17-33-20-34-18-23/h3-12,15,17-18,20,27H,13-14,16,19H2,1-2H3,(H,35,38)(H,36,39). The van der Waals surface area contributed by atoms with Gasteiger partial charge in [0.1, 0.15) is 12.9 Å². The number of aromatic nitrogens is 2. The first-order valence-corrected chi connectivity index (χ1v) is 13.6. The Morgan fingerprint density at radius 1 is 1.10 bits per heavy atom. The van der Waals surface area contributed by atoms with Crippen molar-refractivity contribution < 1.29 is 19.1 Å². The second-order valence-corrected chi connectivity index (χ2v) is 10.6. The van der Waals surface area contributed by atoms with Gasteiger partial charge in [0.2, 0.25) is 0 Å². The maximum Gasteiger partial charge on any atom is 0.325 e. The first-order chi connectivity index (χ1) is 19.9. The Bertz CT molecular complexity index is 1580. The van der Waals surface area contributed by atoms with Crippen LogP contribution in [0.2, 0.25) is 0 Å². The number of urea groups is 1. The van der Waals surface area contributed by atoms with Gasteiger partial charge >= 0.3 is 6.03 Å². The minimum atomic E-state index is -1.00. The van der Waals surface area contributed by atoms with Crippen molar-refractivity contribution in [3.63, 3.8) is 0 Å². The third-order valence-corrected chi connectivity index (χ3v) is 7.46. The molecule has 4 aromatic rings. The summed E-state index contributed by atoms with van der Waals surface area (Å²) in [5, 5.41) is 6.10. The molecule has 1 saturated heterocycles. The number of ether oxygens (including phenoxy) is 2. The van der Waals surface area contributed by atoms with Crippen molar-refractivity contribution in [3.05, 3.63) is 113 Å². The van der Waals surface area contributed by atoms with E-state index in [-0.39, 0.29) is 24.6 Å². The molecule has 9 heteroatoms. The third kappa shape index (κ3) is 5.43. The average molecular weight is 550 g/mol. The molecule has 2 aliphatic rings. The fourth-order valence-electron chi connectivity index (χ4n) is 5.39. The van der Waals surface area contributed by atoms with E-state index < -0.39 is 5.72 Å². The van der Waals surface area contributed by atoms with Crippen molar-refractivity contribution in [3.8, 4) is 11.5 Å². The SMILES string of the molecule is Cc1ccc(CCNC(=O)c2cccc(N3C(=O)NC4CC3(C)Oc3c(OCc5cncnc5)cccc34)c2)cc1. The Morgan fingerprint density at radius 3 is 2.68 bits per heavy atom. The molecule has 2 bridgehead atoms. The molecule has 2 N–H and O–H groups in total. The highest BCUT2D eigenvalue weighted by Gasteiger charge is 2.50. The van der Waals surface area contributed by atoms with Gasteiger partial charge in [0.15, 0.2) is 17.2 Å². The lowest BCUT2D eigenvalue weighted by Crippen LogP contribution is -2.65. The number of benzene rings is 3. The van der Waals surface area contributed by atoms with Crippen LogP contribution in [-0.4, -0.2) is 34.2 Å². The van der Waals surface area contributed by atoms with E-state index in [1.165, 1.54) is 11.9 Å². The van der Waals surface area contributed by atoms with Gasteiger partial charge in [0, 0.05) is 42.0 Å². The lowest BCUT2D eigenvalue weighted by atomic mass is 9.89. The van der Waals surface area contributed by atoms with Crippen LogP contribution in [-0.2, 0) is 13.0 Å². The Morgan fingerprint density at radius 2 is 1.88 bits per heavy atom. The Balaban J connectivity index is 1.20. The molecule has 41 heavy (non-hydrogen) atoms. The highest BCUT2D eigenvalue weighted by atomic mass is 16.5. The van der Waals surface area contributed by atoms with Gasteiger partial charge in [-0.05, 0) is 50.1 Å². The molecule has 0 radical (unpaired) electrons. The van der Waals surface area contributed by atoms with Crippen molar-refractivity contribution in [2.45, 2.75) is 45.1 Å². The molecule has 1 fully saturated rings. The molecule has 6 rings (SSSR count). The zero-order chi connectivity index (χ0) is 28.4. The summed E-state index contributed by atoms with van der Waals surface area (Å²) in [5.41, 5.74) is 4.08. The molecule has 2 atom stereocenters. The van der Waals surface area contributed by atoms with Crippen LogP contribution in [0.15, 0.2) is 85.5 Å². The lowest BCUT2D eigenvalue weighted by Gasteiger charge is -2.50. The van der Waals surface area contributed by atoms with E-state index in [2.05, 4.69) is 44.9 Å². The minimum Gasteiger partial charge on any atom is -0.485 e. The van der Waals surface area contributed by atoms with E-state index in [4.69, 9.17) is 9.47 Å². The second-order valence-electron chi connectivity index (χ2n) is 10.6. The highest BCUT2D eigenvalue weighted by Crippen LogP contribution is 2.49. The molecule has 1 aromatic heterocycles. The lowest BCUT2D eigenvalue weighted by molar-refractivity contribution is 0.0338. The van der Waals surface area contributed by atoms with E-state index in [1.54, 1.807) is 35.5 Å². The zero-order valence-corrected chi connectivity index (χ0v) is 23.0. The van der Waals surface area contributed by atoms with E-state index in [0.29, 0.717) is 35.7 Å². The largest absolute Gasteiger partial charge is 0.485 e. The van der Waals surface area contributed by atoms with Crippen LogP contribution in [0.5, 0.6) is 11.5 Å². The molecule has 3 amide bonds. The van der Waals surface area contributed by atoms with Crippen molar-refractivity contribution in [1.29, 1.82) is 0 Å². The fraction of sp³-hybridized carbons (Fsp3) is 0.250. The Labute approximate surface area is 238 Å². The number of para-hydroxylation sites is 1. The topological polar surface area (TPSA) is 106 Å². The number of rotatable bonds is 8. The molecular formula is C32H31N5O4. The molecule has 208 valence electrons. The Hall–Kier alpha value is -4.92. The average Bonchev–Trinajstić information content (AvgIpc) is 2.97. The summed E-state index contributed by atoms with van der Waals surface area (Å²) in [6, 6.07) is 20.5. The van der Waals surface area contributed by atoms with Crippen LogP contribution < -0.4 is 25.0 Å². The van der Waals surface area contributed by atoms with Crippen molar-refractivity contribution >= 4 is 17.6 Å². The van der Waals surface area contributed by atoms with E-state index >= 15 is 0 Å². The van der Waals surface area contributed by atoms with Gasteiger partial charge < -0.3 is 20.1 Å². The summed E-state index contributed by atoms with van der Waals surface area (Å²) >= 11 is 0. The summed E-state index contributed by atoms with van der Waals surface area (Å²) in [5.74, 6) is 0.952. The first kappa shape index (κ1) is 26.3. The number of carbonyl (C=O) groups excluding carboxylic acids is 2. The van der Waals surface area contributed by atoms with Crippen LogP contribution in [0.25, 0.3) is 0 Å². The van der Waals surface area contributed by atoms with Crippen LogP contribution in [0.4, 0.5) is 10.5 Å². The molecular weight excluding hydrogens is 518 g/mol. The van der Waals surface area contributed by atoms with Gasteiger partial charge in [-0.15, -0.1) is 0 Å². The van der Waals surface area contributed by atoms with Gasteiger partial charge in [-0.3, -0.25) is 9.69 Å². The molecule has 0 aliphatic carbocycles. The van der Waals surface area contributed by atoms with Gasteiger partial charge in [0.05, 0.1) is 11.7 Å². The Kier molecular flexibility index (Phi) is 7.01. The predicted molar refractivity (Wildman–Crippen MR) is 154 cm³/mol. The van der Waals surface area contributed by atoms with E-state index in [9.17, 15) is 9.59 Å². The number of hydrogen-bond acceptors (Lipinski definition) is 6. The van der Waals surface area contributed by atoms with E-state index in [1.807, 2.05) is 38.1 Å². The maximum absolute atomic E-state index is 13.4. The van der Waals surface area contributed by atoms with E-state index in [0.717, 1.165) is 23.1 Å². The molecule has 9 nitrogen and oxygen atoms in total. The molecule has 3 aromatic carbocycles. The van der Waals surface area contributed by atoms with Crippen LogP contribution in [0.1, 0.15) is 52.0 Å². The summed E-state index contributed by atoms with van der Waals surface area (Å²) < 4.78 is 12.7. The summed E-state index contributed by atoms with van der Waals surface area (Å²) in [7, 11) is 0. The van der Waals surface area contributed by atoms with Crippen LogP contribution in [0.3, 0.4) is 0 Å². The number of nitrogens with one attached hydrogen (secondary N) is 2. The quantitative estimate of drug-likeness (QED) is 0.317. The number of hydrogen-bond donors (Lipinski definition) is 2. The molecule has 2 aliphatic heterocycles. The van der Waals surface area contributed by atoms with Crippen molar-refractivity contribution in [1.82, 2.24) is 20.6 Å². The molecule has 3 heterocycles. The third-order valence-electron chi connectivity index (χ3n) is 7.46. The minimum absolute atomic E-state index is 0.199. The van der Waals surface area contributed by atoms with Crippen LogP contribution >= 0.6 is 0 Å². The summed E-state index contributed by atoms with van der Waals surface area (Å²) in [4.78, 5) is 36.1. The smallest absolute Gasteiger partial charge is 0.325 e. The van der Waals surface area contributed by atoms with Crippen LogP contribution in [0, 0.1) is 6.92 Å². The number of amides is 3. The number of nitrogens with zero attached hydrogens (tertiary/aromatic N) is 3. The van der Waals surface area contributed by atoms with Crippen molar-refractivity contribution in [2.24, 2.45) is 0 Å². The van der Waals surface area contributed by atoms with Gasteiger partial charge in [0.25, 0.3) is 5.91 Å².